The lowest BCUT2D eigenvalue weighted by molar-refractivity contribution is -0.116. The lowest BCUT2D eigenvalue weighted by atomic mass is 10.2. The molecule has 0 spiro atoms. The second kappa shape index (κ2) is 7.61. The molecule has 0 aliphatic rings. The quantitative estimate of drug-likeness (QED) is 0.809. The largest absolute Gasteiger partial charge is 0.387 e. The second-order valence-corrected chi connectivity index (χ2v) is 5.88. The predicted octanol–water partition coefficient (Wildman–Crippen LogP) is 3.92. The lowest BCUT2D eigenvalue weighted by Gasteiger charge is -2.09. The number of hydrogen-bond donors (Lipinski definition) is 2. The van der Waals surface area contributed by atoms with Gasteiger partial charge in [0.1, 0.15) is 0 Å². The molecule has 110 valence electrons. The Morgan fingerprint density at radius 2 is 2.05 bits per heavy atom. The first kappa shape index (κ1) is 16.0. The van der Waals surface area contributed by atoms with Crippen molar-refractivity contribution < 1.29 is 9.90 Å². The van der Waals surface area contributed by atoms with Crippen LogP contribution in [0, 0.1) is 0 Å². The van der Waals surface area contributed by atoms with Crippen molar-refractivity contribution in [2.45, 2.75) is 6.10 Å². The Labute approximate surface area is 136 Å². The van der Waals surface area contributed by atoms with Gasteiger partial charge in [-0.05, 0) is 40.6 Å². The molecular weight excluding hydrogens is 329 g/mol. The number of aliphatic hydroxyl groups excluding tert-OH is 1. The predicted molar refractivity (Wildman–Crippen MR) is 87.8 cm³/mol. The number of benzene rings is 1. The van der Waals surface area contributed by atoms with E-state index in [1.54, 1.807) is 24.3 Å². The zero-order valence-corrected chi connectivity index (χ0v) is 13.3. The van der Waals surface area contributed by atoms with Gasteiger partial charge in [0.25, 0.3) is 0 Å². The van der Waals surface area contributed by atoms with Crippen LogP contribution < -0.4 is 5.32 Å². The number of aliphatic hydroxyl groups is 1. The molecule has 2 rings (SSSR count). The molecule has 1 atom stereocenters. The summed E-state index contributed by atoms with van der Waals surface area (Å²) in [7, 11) is 0. The number of hydrogen-bond acceptors (Lipinski definition) is 3. The van der Waals surface area contributed by atoms with Gasteiger partial charge >= 0.3 is 0 Å². The summed E-state index contributed by atoms with van der Waals surface area (Å²) in [5, 5.41) is 17.2. The van der Waals surface area contributed by atoms with E-state index in [2.05, 4.69) is 5.32 Å². The second-order valence-electron chi connectivity index (χ2n) is 4.29. The zero-order chi connectivity index (χ0) is 15.2. The van der Waals surface area contributed by atoms with Gasteiger partial charge in [-0.1, -0.05) is 29.3 Å². The van der Waals surface area contributed by atoms with Crippen LogP contribution in [0.15, 0.2) is 41.1 Å². The highest BCUT2D eigenvalue weighted by Crippen LogP contribution is 2.25. The van der Waals surface area contributed by atoms with Gasteiger partial charge in [0.15, 0.2) is 0 Å². The Hall–Kier alpha value is -1.33. The fourth-order valence-corrected chi connectivity index (χ4v) is 2.90. The topological polar surface area (TPSA) is 49.3 Å². The number of carbonyl (C=O) groups is 1. The molecule has 0 aliphatic heterocycles. The number of thiophene rings is 1. The van der Waals surface area contributed by atoms with E-state index in [9.17, 15) is 9.90 Å². The van der Waals surface area contributed by atoms with Crippen LogP contribution in [0.25, 0.3) is 6.08 Å². The monoisotopic (exact) mass is 341 g/mol. The van der Waals surface area contributed by atoms with Gasteiger partial charge < -0.3 is 10.4 Å². The smallest absolute Gasteiger partial charge is 0.244 e. The zero-order valence-electron chi connectivity index (χ0n) is 10.9. The summed E-state index contributed by atoms with van der Waals surface area (Å²) in [6.07, 6.45) is 2.18. The van der Waals surface area contributed by atoms with Gasteiger partial charge in [-0.3, -0.25) is 4.79 Å². The summed E-state index contributed by atoms with van der Waals surface area (Å²) in [4.78, 5) is 11.7. The van der Waals surface area contributed by atoms with E-state index < -0.39 is 6.10 Å². The third-order valence-corrected chi connectivity index (χ3v) is 4.16. The van der Waals surface area contributed by atoms with E-state index in [-0.39, 0.29) is 12.5 Å². The Balaban J connectivity index is 1.91. The summed E-state index contributed by atoms with van der Waals surface area (Å²) in [6, 6.07) is 6.96. The maximum atomic E-state index is 11.7. The molecule has 0 radical (unpaired) electrons. The van der Waals surface area contributed by atoms with Crippen LogP contribution in [0.2, 0.25) is 10.0 Å². The fraction of sp³-hybridized carbons (Fsp3) is 0.133. The number of rotatable bonds is 5. The fourth-order valence-electron chi connectivity index (χ4n) is 1.67. The molecule has 21 heavy (non-hydrogen) atoms. The molecule has 6 heteroatoms. The lowest BCUT2D eigenvalue weighted by Crippen LogP contribution is -2.26. The number of carbonyl (C=O) groups excluding carboxylic acids is 1. The van der Waals surface area contributed by atoms with E-state index in [1.807, 2.05) is 16.8 Å². The van der Waals surface area contributed by atoms with Crippen molar-refractivity contribution in [2.75, 3.05) is 6.54 Å². The summed E-state index contributed by atoms with van der Waals surface area (Å²) in [5.41, 5.74) is 1.38. The van der Waals surface area contributed by atoms with Crippen molar-refractivity contribution in [1.82, 2.24) is 5.32 Å². The van der Waals surface area contributed by atoms with Crippen molar-refractivity contribution in [2.24, 2.45) is 0 Å². The van der Waals surface area contributed by atoms with Crippen molar-refractivity contribution in [3.05, 3.63) is 62.3 Å². The van der Waals surface area contributed by atoms with Crippen molar-refractivity contribution >= 4 is 46.5 Å². The van der Waals surface area contributed by atoms with Gasteiger partial charge in [-0.25, -0.2) is 0 Å². The van der Waals surface area contributed by atoms with Crippen LogP contribution in [0.4, 0.5) is 0 Å². The molecule has 0 saturated heterocycles. The van der Waals surface area contributed by atoms with Crippen LogP contribution in [-0.4, -0.2) is 17.6 Å². The molecule has 1 aromatic heterocycles. The minimum atomic E-state index is -0.711. The van der Waals surface area contributed by atoms with Gasteiger partial charge in [0.05, 0.1) is 6.10 Å². The Morgan fingerprint density at radius 3 is 2.67 bits per heavy atom. The third kappa shape index (κ3) is 4.58. The van der Waals surface area contributed by atoms with Gasteiger partial charge in [-0.2, -0.15) is 11.3 Å². The molecular formula is C15H13Cl2NO2S. The molecule has 1 amide bonds. The van der Waals surface area contributed by atoms with E-state index in [0.717, 1.165) is 5.56 Å². The summed E-state index contributed by atoms with van der Waals surface area (Å²) >= 11 is 13.5. The standard InChI is InChI=1S/C15H13Cl2NO2S/c16-12-2-1-3-13(17)11(12)4-5-15(20)18-8-14(19)10-6-7-21-9-10/h1-7,9,14,19H,8H2,(H,18,20)/b5-4+. The molecule has 0 saturated carbocycles. The number of halogens is 2. The van der Waals surface area contributed by atoms with Crippen LogP contribution >= 0.6 is 34.5 Å². The van der Waals surface area contributed by atoms with Crippen LogP contribution in [0.1, 0.15) is 17.2 Å². The summed E-state index contributed by atoms with van der Waals surface area (Å²) in [6.45, 7) is 0.149. The molecule has 3 nitrogen and oxygen atoms in total. The Morgan fingerprint density at radius 1 is 1.33 bits per heavy atom. The molecule has 0 aliphatic carbocycles. The van der Waals surface area contributed by atoms with E-state index in [0.29, 0.717) is 15.6 Å². The molecule has 2 N–H and O–H groups in total. The first-order valence-electron chi connectivity index (χ1n) is 6.18. The number of amides is 1. The van der Waals surface area contributed by atoms with Gasteiger partial charge in [-0.15, -0.1) is 0 Å². The highest BCUT2D eigenvalue weighted by Gasteiger charge is 2.08. The van der Waals surface area contributed by atoms with E-state index in [1.165, 1.54) is 17.4 Å². The molecule has 1 heterocycles. The molecule has 1 aromatic carbocycles. The maximum absolute atomic E-state index is 11.7. The summed E-state index contributed by atoms with van der Waals surface area (Å²) in [5.74, 6) is -0.319. The van der Waals surface area contributed by atoms with Gasteiger partial charge in [0, 0.05) is 28.2 Å². The Kier molecular flexibility index (Phi) is 5.82. The van der Waals surface area contributed by atoms with Crippen molar-refractivity contribution in [1.29, 1.82) is 0 Å². The Bertz CT molecular complexity index is 621. The number of nitrogens with one attached hydrogen (secondary N) is 1. The first-order chi connectivity index (χ1) is 10.1. The van der Waals surface area contributed by atoms with E-state index >= 15 is 0 Å². The first-order valence-corrected chi connectivity index (χ1v) is 7.88. The summed E-state index contributed by atoms with van der Waals surface area (Å²) < 4.78 is 0. The van der Waals surface area contributed by atoms with Crippen LogP contribution in [0.5, 0.6) is 0 Å². The van der Waals surface area contributed by atoms with E-state index in [4.69, 9.17) is 23.2 Å². The molecule has 0 bridgehead atoms. The average Bonchev–Trinajstić information content (AvgIpc) is 2.98. The average molecular weight is 342 g/mol. The minimum Gasteiger partial charge on any atom is -0.387 e. The van der Waals surface area contributed by atoms with Crippen molar-refractivity contribution in [3.8, 4) is 0 Å². The van der Waals surface area contributed by atoms with Crippen LogP contribution in [-0.2, 0) is 4.79 Å². The minimum absolute atomic E-state index is 0.149. The normalized spacial score (nSPS) is 12.5. The highest BCUT2D eigenvalue weighted by molar-refractivity contribution is 7.07. The van der Waals surface area contributed by atoms with Gasteiger partial charge in [0.2, 0.25) is 5.91 Å². The molecule has 2 aromatic rings. The maximum Gasteiger partial charge on any atom is 0.244 e. The SMILES string of the molecule is O=C(/C=C/c1c(Cl)cccc1Cl)NCC(O)c1ccsc1. The highest BCUT2D eigenvalue weighted by atomic mass is 35.5. The van der Waals surface area contributed by atoms with Crippen molar-refractivity contribution in [3.63, 3.8) is 0 Å². The van der Waals surface area contributed by atoms with Crippen LogP contribution in [0.3, 0.4) is 0 Å². The molecule has 0 fully saturated rings. The molecule has 1 unspecified atom stereocenters. The third-order valence-electron chi connectivity index (χ3n) is 2.80.